The van der Waals surface area contributed by atoms with Gasteiger partial charge in [0.05, 0.1) is 23.3 Å². The molecule has 1 amide bonds. The molecule has 9 heteroatoms. The summed E-state index contributed by atoms with van der Waals surface area (Å²) in [6.07, 6.45) is 0.663. The van der Waals surface area contributed by atoms with Crippen LogP contribution in [0.3, 0.4) is 0 Å². The molecule has 0 atom stereocenters. The van der Waals surface area contributed by atoms with E-state index in [0.717, 1.165) is 5.56 Å². The molecule has 0 aromatic heterocycles. The molecule has 0 bridgehead atoms. The number of sulfonamides is 1. The number of nitrogens with one attached hydrogen (secondary N) is 1. The lowest BCUT2D eigenvalue weighted by Crippen LogP contribution is -2.41. The number of rotatable bonds is 5. The van der Waals surface area contributed by atoms with Crippen molar-refractivity contribution in [3.05, 3.63) is 53.6 Å². The van der Waals surface area contributed by atoms with Gasteiger partial charge in [-0.3, -0.25) is 4.79 Å². The number of carbonyl (C=O) groups is 2. The van der Waals surface area contributed by atoms with Crippen molar-refractivity contribution in [2.75, 3.05) is 25.5 Å². The molecule has 30 heavy (non-hydrogen) atoms. The van der Waals surface area contributed by atoms with Crippen LogP contribution >= 0.6 is 0 Å². The van der Waals surface area contributed by atoms with Gasteiger partial charge in [0.15, 0.2) is 0 Å². The molecule has 1 aliphatic heterocycles. The monoisotopic (exact) mass is 432 g/mol. The number of phenols is 1. The zero-order chi connectivity index (χ0) is 21.9. The summed E-state index contributed by atoms with van der Waals surface area (Å²) in [5.74, 6) is -1.38. The Morgan fingerprint density at radius 1 is 1.13 bits per heavy atom. The lowest BCUT2D eigenvalue weighted by Gasteiger charge is -2.31. The van der Waals surface area contributed by atoms with Crippen LogP contribution < -0.4 is 5.32 Å². The van der Waals surface area contributed by atoms with Crippen LogP contribution in [0, 0.1) is 12.8 Å². The molecule has 0 saturated carbocycles. The number of carbonyl (C=O) groups excluding carboxylic acids is 2. The molecule has 1 fully saturated rings. The Balaban J connectivity index is 1.69. The molecule has 0 unspecified atom stereocenters. The Hall–Kier alpha value is -2.91. The number of hydrogen-bond acceptors (Lipinski definition) is 6. The summed E-state index contributed by atoms with van der Waals surface area (Å²) in [5.41, 5.74) is 1.18. The van der Waals surface area contributed by atoms with Crippen molar-refractivity contribution in [1.29, 1.82) is 0 Å². The quantitative estimate of drug-likeness (QED) is 0.555. The van der Waals surface area contributed by atoms with E-state index in [-0.39, 0.29) is 41.1 Å². The van der Waals surface area contributed by atoms with Gasteiger partial charge in [0.2, 0.25) is 15.9 Å². The molecule has 1 aliphatic rings. The van der Waals surface area contributed by atoms with Crippen molar-refractivity contribution < 1.29 is 27.9 Å². The molecule has 160 valence electrons. The van der Waals surface area contributed by atoms with Gasteiger partial charge in [0.25, 0.3) is 0 Å². The van der Waals surface area contributed by atoms with Gasteiger partial charge in [-0.1, -0.05) is 18.2 Å². The summed E-state index contributed by atoms with van der Waals surface area (Å²) in [4.78, 5) is 24.4. The number of piperidine rings is 1. The average molecular weight is 432 g/mol. The van der Waals surface area contributed by atoms with E-state index < -0.39 is 16.0 Å². The molecule has 2 aromatic carbocycles. The standard InChI is InChI=1S/C21H24N2O6S/c1-14-7-8-17(18(24)13-14)22-20(25)15-9-11-23(12-10-15)30(27,28)19-6-4-3-5-16(19)21(26)29-2/h3-8,13,15,24H,9-12H2,1-2H3,(H,22,25). The lowest BCUT2D eigenvalue weighted by atomic mass is 9.97. The van der Waals surface area contributed by atoms with Crippen molar-refractivity contribution in [2.24, 2.45) is 5.92 Å². The van der Waals surface area contributed by atoms with E-state index in [1.165, 1.54) is 23.5 Å². The predicted molar refractivity (Wildman–Crippen MR) is 111 cm³/mol. The fourth-order valence-electron chi connectivity index (χ4n) is 3.45. The highest BCUT2D eigenvalue weighted by Crippen LogP contribution is 2.29. The van der Waals surface area contributed by atoms with E-state index in [2.05, 4.69) is 10.1 Å². The van der Waals surface area contributed by atoms with Crippen molar-refractivity contribution >= 4 is 27.6 Å². The fraction of sp³-hybridized carbons (Fsp3) is 0.333. The van der Waals surface area contributed by atoms with Gasteiger partial charge in [0.1, 0.15) is 5.75 Å². The minimum Gasteiger partial charge on any atom is -0.506 e. The van der Waals surface area contributed by atoms with Gasteiger partial charge in [-0.2, -0.15) is 4.31 Å². The molecule has 2 N–H and O–H groups in total. The van der Waals surface area contributed by atoms with Gasteiger partial charge in [-0.15, -0.1) is 0 Å². The maximum absolute atomic E-state index is 13.1. The van der Waals surface area contributed by atoms with Crippen LogP contribution in [0.25, 0.3) is 0 Å². The number of benzene rings is 2. The van der Waals surface area contributed by atoms with E-state index in [9.17, 15) is 23.1 Å². The van der Waals surface area contributed by atoms with Crippen molar-refractivity contribution in [3.63, 3.8) is 0 Å². The smallest absolute Gasteiger partial charge is 0.339 e. The summed E-state index contributed by atoms with van der Waals surface area (Å²) < 4.78 is 32.1. The van der Waals surface area contributed by atoms with E-state index in [4.69, 9.17) is 0 Å². The maximum Gasteiger partial charge on any atom is 0.339 e. The summed E-state index contributed by atoms with van der Waals surface area (Å²) in [6.45, 7) is 2.13. The number of ether oxygens (including phenoxy) is 1. The van der Waals surface area contributed by atoms with Crippen LogP contribution in [-0.4, -0.2) is 49.9 Å². The largest absolute Gasteiger partial charge is 0.506 e. The number of nitrogens with zero attached hydrogens (tertiary/aromatic N) is 1. The molecule has 1 saturated heterocycles. The zero-order valence-corrected chi connectivity index (χ0v) is 17.6. The number of amides is 1. The van der Waals surface area contributed by atoms with Crippen molar-refractivity contribution in [2.45, 2.75) is 24.7 Å². The molecule has 2 aromatic rings. The first-order valence-corrected chi connectivity index (χ1v) is 11.0. The van der Waals surface area contributed by atoms with E-state index in [1.54, 1.807) is 30.3 Å². The van der Waals surface area contributed by atoms with Crippen molar-refractivity contribution in [3.8, 4) is 5.75 Å². The first-order chi connectivity index (χ1) is 14.2. The number of esters is 1. The van der Waals surface area contributed by atoms with Crippen LogP contribution in [0.15, 0.2) is 47.4 Å². The molecule has 3 rings (SSSR count). The molecular weight excluding hydrogens is 408 g/mol. The molecule has 0 radical (unpaired) electrons. The summed E-state index contributed by atoms with van der Waals surface area (Å²) in [6, 6.07) is 10.9. The van der Waals surface area contributed by atoms with Gasteiger partial charge in [-0.05, 0) is 49.6 Å². The Morgan fingerprint density at radius 2 is 1.80 bits per heavy atom. The SMILES string of the molecule is COC(=O)c1ccccc1S(=O)(=O)N1CCC(C(=O)Nc2ccc(C)cc2O)CC1. The highest BCUT2D eigenvalue weighted by atomic mass is 32.2. The summed E-state index contributed by atoms with van der Waals surface area (Å²) >= 11 is 0. The third-order valence-corrected chi connectivity index (χ3v) is 7.10. The van der Waals surface area contributed by atoms with Gasteiger partial charge < -0.3 is 15.2 Å². The second-order valence-electron chi connectivity index (χ2n) is 7.18. The highest BCUT2D eigenvalue weighted by molar-refractivity contribution is 7.89. The molecule has 1 heterocycles. The Morgan fingerprint density at radius 3 is 2.43 bits per heavy atom. The third-order valence-electron chi connectivity index (χ3n) is 5.15. The third kappa shape index (κ3) is 4.47. The van der Waals surface area contributed by atoms with E-state index in [0.29, 0.717) is 18.5 Å². The predicted octanol–water partition coefficient (Wildman–Crippen LogP) is 2.53. The zero-order valence-electron chi connectivity index (χ0n) is 16.8. The summed E-state index contributed by atoms with van der Waals surface area (Å²) in [5, 5.41) is 12.7. The number of hydrogen-bond donors (Lipinski definition) is 2. The highest BCUT2D eigenvalue weighted by Gasteiger charge is 2.34. The van der Waals surface area contributed by atoms with Crippen LogP contribution in [0.2, 0.25) is 0 Å². The Labute approximate surface area is 175 Å². The number of aromatic hydroxyl groups is 1. The van der Waals surface area contributed by atoms with Gasteiger partial charge in [0, 0.05) is 19.0 Å². The van der Waals surface area contributed by atoms with E-state index in [1.807, 2.05) is 6.92 Å². The topological polar surface area (TPSA) is 113 Å². The van der Waals surface area contributed by atoms with E-state index >= 15 is 0 Å². The second-order valence-corrected chi connectivity index (χ2v) is 9.08. The van der Waals surface area contributed by atoms with Gasteiger partial charge >= 0.3 is 5.97 Å². The Kier molecular flexibility index (Phi) is 6.42. The number of aryl methyl sites for hydroxylation is 1. The molecule has 0 aliphatic carbocycles. The van der Waals surface area contributed by atoms with Crippen LogP contribution in [0.4, 0.5) is 5.69 Å². The lowest BCUT2D eigenvalue weighted by molar-refractivity contribution is -0.120. The van der Waals surface area contributed by atoms with Crippen molar-refractivity contribution in [1.82, 2.24) is 4.31 Å². The maximum atomic E-state index is 13.1. The number of methoxy groups -OCH3 is 1. The normalized spacial score (nSPS) is 15.5. The minimum atomic E-state index is -3.91. The number of anilines is 1. The fourth-order valence-corrected chi connectivity index (χ4v) is 5.10. The average Bonchev–Trinajstić information content (AvgIpc) is 2.75. The van der Waals surface area contributed by atoms with Crippen LogP contribution in [0.5, 0.6) is 5.75 Å². The molecule has 0 spiro atoms. The second kappa shape index (κ2) is 8.85. The molecule has 8 nitrogen and oxygen atoms in total. The number of phenolic OH excluding ortho intramolecular Hbond substituents is 1. The first kappa shape index (κ1) is 21.8. The Bertz CT molecular complexity index is 1060. The van der Waals surface area contributed by atoms with Crippen LogP contribution in [-0.2, 0) is 19.6 Å². The first-order valence-electron chi connectivity index (χ1n) is 9.52. The molecular formula is C21H24N2O6S. The van der Waals surface area contributed by atoms with Gasteiger partial charge in [-0.25, -0.2) is 13.2 Å². The van der Waals surface area contributed by atoms with Crippen LogP contribution in [0.1, 0.15) is 28.8 Å². The minimum absolute atomic E-state index is 0.0113. The summed E-state index contributed by atoms with van der Waals surface area (Å²) in [7, 11) is -2.71.